The van der Waals surface area contributed by atoms with E-state index in [1.807, 2.05) is 0 Å². The van der Waals surface area contributed by atoms with E-state index in [1.54, 1.807) is 23.1 Å². The van der Waals surface area contributed by atoms with E-state index in [-0.39, 0.29) is 23.2 Å². The van der Waals surface area contributed by atoms with Gasteiger partial charge in [-0.05, 0) is 73.7 Å². The molecule has 1 saturated heterocycles. The number of amides is 1. The van der Waals surface area contributed by atoms with Crippen LogP contribution in [-0.2, 0) is 21.2 Å². The molecule has 1 amide bonds. The predicted octanol–water partition coefficient (Wildman–Crippen LogP) is 2.97. The molecule has 0 N–H and O–H groups in total. The summed E-state index contributed by atoms with van der Waals surface area (Å²) in [5, 5.41) is 0. The number of hydrogen-bond acceptors (Lipinski definition) is 4. The Hall–Kier alpha value is -2.45. The molecule has 29 heavy (non-hydrogen) atoms. The lowest BCUT2D eigenvalue weighted by Crippen LogP contribution is -2.38. The number of hydrogen-bond donors (Lipinski definition) is 0. The number of rotatable bonds is 5. The highest BCUT2D eigenvalue weighted by molar-refractivity contribution is 7.89. The molecule has 0 radical (unpaired) electrons. The number of ether oxygens (including phenoxy) is 1. The zero-order valence-corrected chi connectivity index (χ0v) is 16.8. The molecule has 1 fully saturated rings. The van der Waals surface area contributed by atoms with E-state index >= 15 is 0 Å². The van der Waals surface area contributed by atoms with Crippen molar-refractivity contribution < 1.29 is 22.3 Å². The van der Waals surface area contributed by atoms with Crippen molar-refractivity contribution in [1.82, 2.24) is 4.31 Å². The van der Waals surface area contributed by atoms with Crippen molar-refractivity contribution in [3.8, 4) is 5.75 Å². The highest BCUT2D eigenvalue weighted by Crippen LogP contribution is 2.31. The first-order chi connectivity index (χ1) is 13.9. The van der Waals surface area contributed by atoms with E-state index in [0.717, 1.165) is 36.9 Å². The van der Waals surface area contributed by atoms with E-state index in [4.69, 9.17) is 4.74 Å². The molecular weight excluding hydrogens is 395 g/mol. The zero-order valence-electron chi connectivity index (χ0n) is 16.0. The summed E-state index contributed by atoms with van der Waals surface area (Å²) in [4.78, 5) is 14.6. The molecule has 6 nitrogen and oxygen atoms in total. The van der Waals surface area contributed by atoms with Crippen LogP contribution in [0.1, 0.15) is 24.8 Å². The maximum absolute atomic E-state index is 13.0. The van der Waals surface area contributed by atoms with Crippen molar-refractivity contribution in [1.29, 1.82) is 0 Å². The summed E-state index contributed by atoms with van der Waals surface area (Å²) >= 11 is 0. The molecule has 0 unspecified atom stereocenters. The van der Waals surface area contributed by atoms with E-state index in [0.29, 0.717) is 25.4 Å². The van der Waals surface area contributed by atoms with Crippen LogP contribution < -0.4 is 9.64 Å². The largest absolute Gasteiger partial charge is 0.484 e. The maximum atomic E-state index is 13.0. The second-order valence-electron chi connectivity index (χ2n) is 7.29. The quantitative estimate of drug-likeness (QED) is 0.749. The van der Waals surface area contributed by atoms with Crippen LogP contribution in [0.5, 0.6) is 5.75 Å². The van der Waals surface area contributed by atoms with Crippen LogP contribution in [0.4, 0.5) is 10.1 Å². The van der Waals surface area contributed by atoms with Crippen LogP contribution >= 0.6 is 0 Å². The predicted molar refractivity (Wildman–Crippen MR) is 107 cm³/mol. The normalized spacial score (nSPS) is 17.2. The number of carbonyl (C=O) groups excluding carboxylic acids is 1. The molecule has 0 atom stereocenters. The van der Waals surface area contributed by atoms with Crippen LogP contribution in [0.25, 0.3) is 0 Å². The van der Waals surface area contributed by atoms with Gasteiger partial charge in [-0.2, -0.15) is 4.31 Å². The Balaban J connectivity index is 1.50. The minimum atomic E-state index is -3.49. The standard InChI is InChI=1S/C21H23FN2O4S/c22-17-5-7-18(8-6-17)28-15-21(25)24-13-3-4-16-14-19(9-10-20(16)24)29(26,27)23-11-1-2-12-23/h5-10,14H,1-4,11-13,15H2. The average molecular weight is 418 g/mol. The number of fused-ring (bicyclic) bond motifs is 1. The fourth-order valence-corrected chi connectivity index (χ4v) is 5.39. The molecule has 154 valence electrons. The fraction of sp³-hybridized carbons (Fsp3) is 0.381. The van der Waals surface area contributed by atoms with Gasteiger partial charge < -0.3 is 9.64 Å². The molecule has 8 heteroatoms. The minimum absolute atomic E-state index is 0.168. The van der Waals surface area contributed by atoms with E-state index < -0.39 is 10.0 Å². The molecule has 2 aromatic carbocycles. The lowest BCUT2D eigenvalue weighted by Gasteiger charge is -2.30. The monoisotopic (exact) mass is 418 g/mol. The molecular formula is C21H23FN2O4S. The Kier molecular flexibility index (Phi) is 5.56. The molecule has 0 bridgehead atoms. The van der Waals surface area contributed by atoms with Gasteiger partial charge in [0.25, 0.3) is 5.91 Å². The minimum Gasteiger partial charge on any atom is -0.484 e. The van der Waals surface area contributed by atoms with Crippen molar-refractivity contribution in [2.75, 3.05) is 31.1 Å². The Labute approximate surface area is 169 Å². The lowest BCUT2D eigenvalue weighted by molar-refractivity contribution is -0.120. The number of carbonyl (C=O) groups is 1. The molecule has 0 aromatic heterocycles. The highest BCUT2D eigenvalue weighted by atomic mass is 32.2. The van der Waals surface area contributed by atoms with Crippen molar-refractivity contribution in [2.45, 2.75) is 30.6 Å². The molecule has 0 spiro atoms. The SMILES string of the molecule is O=C(COc1ccc(F)cc1)N1CCCc2cc(S(=O)(=O)N3CCCC3)ccc21. The van der Waals surface area contributed by atoms with Gasteiger partial charge in [-0.15, -0.1) is 0 Å². The number of aryl methyl sites for hydroxylation is 1. The molecule has 2 aliphatic rings. The number of anilines is 1. The van der Waals surface area contributed by atoms with Gasteiger partial charge in [-0.1, -0.05) is 0 Å². The molecule has 0 aliphatic carbocycles. The van der Waals surface area contributed by atoms with Gasteiger partial charge in [0.1, 0.15) is 11.6 Å². The third-order valence-corrected chi connectivity index (χ3v) is 7.24. The van der Waals surface area contributed by atoms with Gasteiger partial charge in [0.2, 0.25) is 10.0 Å². The van der Waals surface area contributed by atoms with Crippen LogP contribution in [0.2, 0.25) is 0 Å². The Morgan fingerprint density at radius 3 is 2.45 bits per heavy atom. The number of sulfonamides is 1. The zero-order chi connectivity index (χ0) is 20.4. The molecule has 4 rings (SSSR count). The fourth-order valence-electron chi connectivity index (χ4n) is 3.82. The summed E-state index contributed by atoms with van der Waals surface area (Å²) in [5.74, 6) is -0.164. The summed E-state index contributed by atoms with van der Waals surface area (Å²) in [6.45, 7) is 1.51. The summed E-state index contributed by atoms with van der Waals surface area (Å²) < 4.78 is 45.6. The van der Waals surface area contributed by atoms with E-state index in [2.05, 4.69) is 0 Å². The van der Waals surface area contributed by atoms with Crippen LogP contribution in [0.3, 0.4) is 0 Å². The second kappa shape index (κ2) is 8.12. The molecule has 2 heterocycles. The molecule has 2 aliphatic heterocycles. The van der Waals surface area contributed by atoms with E-state index in [1.165, 1.54) is 28.6 Å². The van der Waals surface area contributed by atoms with Crippen molar-refractivity contribution in [3.63, 3.8) is 0 Å². The smallest absolute Gasteiger partial charge is 0.264 e. The number of benzene rings is 2. The first-order valence-corrected chi connectivity index (χ1v) is 11.2. The van der Waals surface area contributed by atoms with Crippen LogP contribution in [0.15, 0.2) is 47.4 Å². The van der Waals surface area contributed by atoms with Crippen molar-refractivity contribution >= 4 is 21.6 Å². The first kappa shape index (κ1) is 19.8. The third kappa shape index (κ3) is 4.13. The molecule has 2 aromatic rings. The second-order valence-corrected chi connectivity index (χ2v) is 9.23. The van der Waals surface area contributed by atoms with Crippen LogP contribution in [0, 0.1) is 5.82 Å². The Morgan fingerprint density at radius 2 is 1.72 bits per heavy atom. The Bertz CT molecular complexity index is 1000. The first-order valence-electron chi connectivity index (χ1n) is 9.77. The van der Waals surface area contributed by atoms with Crippen molar-refractivity contribution in [2.24, 2.45) is 0 Å². The summed E-state index contributed by atoms with van der Waals surface area (Å²) in [7, 11) is -3.49. The lowest BCUT2D eigenvalue weighted by atomic mass is 10.0. The number of halogens is 1. The summed E-state index contributed by atoms with van der Waals surface area (Å²) in [6.07, 6.45) is 3.25. The number of nitrogens with zero attached hydrogens (tertiary/aromatic N) is 2. The van der Waals surface area contributed by atoms with Gasteiger partial charge in [0.05, 0.1) is 4.90 Å². The summed E-state index contributed by atoms with van der Waals surface area (Å²) in [5.41, 5.74) is 1.58. The van der Waals surface area contributed by atoms with Gasteiger partial charge in [-0.3, -0.25) is 4.79 Å². The topological polar surface area (TPSA) is 66.9 Å². The average Bonchev–Trinajstić information content (AvgIpc) is 3.28. The van der Waals surface area contributed by atoms with E-state index in [9.17, 15) is 17.6 Å². The third-order valence-electron chi connectivity index (χ3n) is 5.35. The summed E-state index contributed by atoms with van der Waals surface area (Å²) in [6, 6.07) is 10.5. The van der Waals surface area contributed by atoms with Crippen LogP contribution in [-0.4, -0.2) is 44.9 Å². The van der Waals surface area contributed by atoms with Gasteiger partial charge in [0, 0.05) is 25.3 Å². The molecule has 0 saturated carbocycles. The van der Waals surface area contributed by atoms with Gasteiger partial charge in [0.15, 0.2) is 6.61 Å². The van der Waals surface area contributed by atoms with Crippen molar-refractivity contribution in [3.05, 3.63) is 53.8 Å². The van der Waals surface area contributed by atoms with Gasteiger partial charge >= 0.3 is 0 Å². The Morgan fingerprint density at radius 1 is 1.00 bits per heavy atom. The highest BCUT2D eigenvalue weighted by Gasteiger charge is 2.29. The van der Waals surface area contributed by atoms with Gasteiger partial charge in [-0.25, -0.2) is 12.8 Å². The maximum Gasteiger partial charge on any atom is 0.264 e.